The van der Waals surface area contributed by atoms with Gasteiger partial charge in [-0.2, -0.15) is 9.61 Å². The molecule has 4 nitrogen and oxygen atoms in total. The number of H-pyrrole nitrogens is 1. The third-order valence-electron chi connectivity index (χ3n) is 1.51. The van der Waals surface area contributed by atoms with Crippen molar-refractivity contribution in [3.8, 4) is 0 Å². The lowest BCUT2D eigenvalue weighted by atomic mass is 10.4. The Morgan fingerprint density at radius 3 is 2.77 bits per heavy atom. The smallest absolute Gasteiger partial charge is 0.313 e. The van der Waals surface area contributed by atoms with Crippen LogP contribution in [0.2, 0.25) is 0 Å². The number of aromatic amines is 1. The minimum absolute atomic E-state index is 0.199. The van der Waals surface area contributed by atoms with E-state index in [1.165, 1.54) is 4.52 Å². The van der Waals surface area contributed by atoms with Crippen LogP contribution in [0, 0.1) is 6.92 Å². The second kappa shape index (κ2) is 3.89. The Morgan fingerprint density at radius 2 is 2.15 bits per heavy atom. The van der Waals surface area contributed by atoms with Crippen LogP contribution in [0.5, 0.6) is 0 Å². The van der Waals surface area contributed by atoms with Crippen LogP contribution in [0.1, 0.15) is 19.5 Å². The van der Waals surface area contributed by atoms with E-state index in [4.69, 9.17) is 0 Å². The Morgan fingerprint density at radius 1 is 1.46 bits per heavy atom. The summed E-state index contributed by atoms with van der Waals surface area (Å²) in [5.74, 6) is 0. The first kappa shape index (κ1) is 9.51. The first-order valence-electron chi connectivity index (χ1n) is 4.31. The minimum atomic E-state index is -0.199. The van der Waals surface area contributed by atoms with Crippen LogP contribution in [0.3, 0.4) is 0 Å². The van der Waals surface area contributed by atoms with Gasteiger partial charge >= 0.3 is 5.69 Å². The molecular formula is C9H13N3O. The van der Waals surface area contributed by atoms with Gasteiger partial charge in [-0.05, 0) is 19.1 Å². The Labute approximate surface area is 76.2 Å². The van der Waals surface area contributed by atoms with Gasteiger partial charge in [-0.25, -0.2) is 4.79 Å². The molecule has 0 fully saturated rings. The molecule has 0 aromatic carbocycles. The maximum absolute atomic E-state index is 11.0. The zero-order valence-corrected chi connectivity index (χ0v) is 8.03. The third kappa shape index (κ3) is 1.77. The van der Waals surface area contributed by atoms with Gasteiger partial charge in [-0.3, -0.25) is 0 Å². The fraction of sp³-hybridized carbons (Fsp3) is 0.333. The highest BCUT2D eigenvalue weighted by Gasteiger charge is 1.97. The monoisotopic (exact) mass is 179 g/mol. The molecule has 0 bridgehead atoms. The average Bonchev–Trinajstić information content (AvgIpc) is 2.51. The van der Waals surface area contributed by atoms with E-state index in [-0.39, 0.29) is 5.69 Å². The molecule has 0 spiro atoms. The van der Waals surface area contributed by atoms with Crippen LogP contribution in [-0.2, 0) is 0 Å². The third-order valence-corrected chi connectivity index (χ3v) is 1.51. The summed E-state index contributed by atoms with van der Waals surface area (Å²) < 4.78 is 1.34. The normalized spacial score (nSPS) is 9.46. The van der Waals surface area contributed by atoms with Crippen molar-refractivity contribution < 1.29 is 0 Å². The van der Waals surface area contributed by atoms with Gasteiger partial charge in [-0.1, -0.05) is 13.8 Å². The van der Waals surface area contributed by atoms with Crippen molar-refractivity contribution >= 4 is 5.52 Å². The molecule has 2 aromatic heterocycles. The molecule has 0 amide bonds. The van der Waals surface area contributed by atoms with Crippen molar-refractivity contribution in [1.29, 1.82) is 0 Å². The molecule has 2 aromatic rings. The number of hydrogen-bond donors (Lipinski definition) is 1. The van der Waals surface area contributed by atoms with Crippen molar-refractivity contribution in [3.05, 3.63) is 34.5 Å². The summed E-state index contributed by atoms with van der Waals surface area (Å²) in [5, 5.41) is 3.99. The maximum Gasteiger partial charge on any atom is 0.346 e. The van der Waals surface area contributed by atoms with Crippen LogP contribution in [0.4, 0.5) is 0 Å². The molecule has 0 saturated heterocycles. The molecule has 2 heterocycles. The summed E-state index contributed by atoms with van der Waals surface area (Å²) in [4.78, 5) is 13.6. The molecule has 70 valence electrons. The highest BCUT2D eigenvalue weighted by atomic mass is 16.1. The Balaban J connectivity index is 0.000000396. The second-order valence-electron chi connectivity index (χ2n) is 2.41. The minimum Gasteiger partial charge on any atom is -0.313 e. The fourth-order valence-corrected chi connectivity index (χ4v) is 1.06. The maximum atomic E-state index is 11.0. The SMILES string of the molecule is CC.Cc1cc2cc[nH]c(=O)n2n1. The number of fused-ring (bicyclic) bond motifs is 1. The number of hydrogen-bond acceptors (Lipinski definition) is 2. The van der Waals surface area contributed by atoms with Crippen molar-refractivity contribution in [1.82, 2.24) is 14.6 Å². The van der Waals surface area contributed by atoms with Gasteiger partial charge in [0.25, 0.3) is 0 Å². The van der Waals surface area contributed by atoms with Crippen molar-refractivity contribution in [2.75, 3.05) is 0 Å². The Hall–Kier alpha value is -1.58. The quantitative estimate of drug-likeness (QED) is 0.663. The van der Waals surface area contributed by atoms with Crippen LogP contribution in [0.15, 0.2) is 23.1 Å². The van der Waals surface area contributed by atoms with Crippen molar-refractivity contribution in [2.24, 2.45) is 0 Å². The van der Waals surface area contributed by atoms with Gasteiger partial charge in [0.15, 0.2) is 0 Å². The largest absolute Gasteiger partial charge is 0.346 e. The molecule has 0 unspecified atom stereocenters. The van der Waals surface area contributed by atoms with Crippen LogP contribution in [-0.4, -0.2) is 14.6 Å². The summed E-state index contributed by atoms with van der Waals surface area (Å²) in [6.45, 7) is 5.85. The molecule has 0 aliphatic rings. The van der Waals surface area contributed by atoms with E-state index in [9.17, 15) is 4.79 Å². The van der Waals surface area contributed by atoms with Crippen molar-refractivity contribution in [2.45, 2.75) is 20.8 Å². The first-order valence-corrected chi connectivity index (χ1v) is 4.31. The highest BCUT2D eigenvalue weighted by Crippen LogP contribution is 1.99. The lowest BCUT2D eigenvalue weighted by Gasteiger charge is -1.86. The van der Waals surface area contributed by atoms with E-state index in [0.717, 1.165) is 11.2 Å². The summed E-state index contributed by atoms with van der Waals surface area (Å²) >= 11 is 0. The van der Waals surface area contributed by atoms with Gasteiger partial charge < -0.3 is 4.98 Å². The molecule has 0 aliphatic heterocycles. The summed E-state index contributed by atoms with van der Waals surface area (Å²) in [5.41, 5.74) is 1.48. The van der Waals surface area contributed by atoms with E-state index in [1.807, 2.05) is 26.8 Å². The van der Waals surface area contributed by atoms with E-state index in [2.05, 4.69) is 10.1 Å². The van der Waals surface area contributed by atoms with Gasteiger partial charge in [-0.15, -0.1) is 0 Å². The average molecular weight is 179 g/mol. The van der Waals surface area contributed by atoms with Gasteiger partial charge in [0, 0.05) is 6.20 Å². The molecule has 0 saturated carbocycles. The molecule has 1 N–H and O–H groups in total. The van der Waals surface area contributed by atoms with Gasteiger partial charge in [0.05, 0.1) is 11.2 Å². The highest BCUT2D eigenvalue weighted by molar-refractivity contribution is 5.45. The lowest BCUT2D eigenvalue weighted by molar-refractivity contribution is 0.852. The number of aryl methyl sites for hydroxylation is 1. The molecule has 13 heavy (non-hydrogen) atoms. The van der Waals surface area contributed by atoms with Gasteiger partial charge in [0.1, 0.15) is 0 Å². The molecule has 0 aliphatic carbocycles. The predicted octanol–water partition coefficient (Wildman–Crippen LogP) is 1.36. The predicted molar refractivity (Wildman–Crippen MR) is 51.9 cm³/mol. The number of aromatic nitrogens is 3. The van der Waals surface area contributed by atoms with Crippen LogP contribution >= 0.6 is 0 Å². The molecule has 2 rings (SSSR count). The molecule has 0 radical (unpaired) electrons. The zero-order valence-electron chi connectivity index (χ0n) is 8.03. The Bertz CT molecular complexity index is 441. The number of nitrogens with one attached hydrogen (secondary N) is 1. The summed E-state index contributed by atoms with van der Waals surface area (Å²) in [7, 11) is 0. The van der Waals surface area contributed by atoms with E-state index < -0.39 is 0 Å². The van der Waals surface area contributed by atoms with E-state index in [0.29, 0.717) is 0 Å². The van der Waals surface area contributed by atoms with E-state index in [1.54, 1.807) is 12.3 Å². The standard InChI is InChI=1S/C7H7N3O.C2H6/c1-5-4-6-2-3-8-7(11)10(6)9-5;1-2/h2-4H,1H3,(H,8,11);1-2H3. The van der Waals surface area contributed by atoms with Crippen LogP contribution < -0.4 is 5.69 Å². The lowest BCUT2D eigenvalue weighted by Crippen LogP contribution is -2.15. The number of rotatable bonds is 0. The Kier molecular flexibility index (Phi) is 2.84. The summed E-state index contributed by atoms with van der Waals surface area (Å²) in [6.07, 6.45) is 1.61. The molecular weight excluding hydrogens is 166 g/mol. The first-order chi connectivity index (χ1) is 6.27. The topological polar surface area (TPSA) is 50.2 Å². The van der Waals surface area contributed by atoms with Crippen molar-refractivity contribution in [3.63, 3.8) is 0 Å². The van der Waals surface area contributed by atoms with Gasteiger partial charge in [0.2, 0.25) is 0 Å². The van der Waals surface area contributed by atoms with E-state index >= 15 is 0 Å². The zero-order chi connectivity index (χ0) is 9.84. The number of nitrogens with zero attached hydrogens (tertiary/aromatic N) is 2. The fourth-order valence-electron chi connectivity index (χ4n) is 1.06. The molecule has 0 atom stereocenters. The van der Waals surface area contributed by atoms with Crippen LogP contribution in [0.25, 0.3) is 5.52 Å². The molecule has 4 heteroatoms. The summed E-state index contributed by atoms with van der Waals surface area (Å²) in [6, 6.07) is 3.66. The second-order valence-corrected chi connectivity index (χ2v) is 2.41.